The van der Waals surface area contributed by atoms with Crippen molar-refractivity contribution in [3.8, 4) is 0 Å². The van der Waals surface area contributed by atoms with E-state index in [-0.39, 0.29) is 5.91 Å². The predicted molar refractivity (Wildman–Crippen MR) is 70.4 cm³/mol. The molecule has 0 spiro atoms. The van der Waals surface area contributed by atoms with Gasteiger partial charge in [-0.25, -0.2) is 0 Å². The molecule has 19 heavy (non-hydrogen) atoms. The molecule has 0 aliphatic rings. The van der Waals surface area contributed by atoms with Crippen LogP contribution in [0.1, 0.15) is 26.3 Å². The number of nitrogens with zero attached hydrogens (tertiary/aromatic N) is 1. The van der Waals surface area contributed by atoms with Gasteiger partial charge in [0.05, 0.1) is 0 Å². The third kappa shape index (κ3) is 3.38. The van der Waals surface area contributed by atoms with Crippen molar-refractivity contribution in [2.24, 2.45) is 5.73 Å². The number of primary amides is 1. The second kappa shape index (κ2) is 5.77. The van der Waals surface area contributed by atoms with E-state index in [0.29, 0.717) is 17.7 Å². The Morgan fingerprint density at radius 1 is 1.11 bits per heavy atom. The number of nitrogens with one attached hydrogen (secondary N) is 1. The van der Waals surface area contributed by atoms with Crippen molar-refractivity contribution in [2.75, 3.05) is 0 Å². The molecule has 0 fully saturated rings. The van der Waals surface area contributed by atoms with Gasteiger partial charge in [-0.05, 0) is 35.9 Å². The van der Waals surface area contributed by atoms with Gasteiger partial charge in [-0.15, -0.1) is 0 Å². The maximum absolute atomic E-state index is 11.9. The Morgan fingerprint density at radius 2 is 1.79 bits per heavy atom. The maximum Gasteiger partial charge on any atom is 0.251 e. The Bertz CT molecular complexity index is 597. The van der Waals surface area contributed by atoms with Crippen molar-refractivity contribution in [2.45, 2.75) is 6.54 Å². The lowest BCUT2D eigenvalue weighted by Gasteiger charge is -2.06. The standard InChI is InChI=1S/C14H13N3O2/c15-13(18)11-2-1-3-12(8-11)14(19)17-9-10-4-6-16-7-5-10/h1-8H,9H2,(H2,15,18)(H,17,19). The van der Waals surface area contributed by atoms with Crippen molar-refractivity contribution in [1.29, 1.82) is 0 Å². The third-order valence-electron chi connectivity index (χ3n) is 2.61. The molecule has 2 rings (SSSR count). The van der Waals surface area contributed by atoms with Crippen LogP contribution in [0.15, 0.2) is 48.8 Å². The lowest BCUT2D eigenvalue weighted by molar-refractivity contribution is 0.0951. The van der Waals surface area contributed by atoms with Crippen molar-refractivity contribution >= 4 is 11.8 Å². The summed E-state index contributed by atoms with van der Waals surface area (Å²) in [5, 5.41) is 2.76. The molecule has 0 bridgehead atoms. The van der Waals surface area contributed by atoms with Crippen LogP contribution in [-0.2, 0) is 6.54 Å². The molecular weight excluding hydrogens is 242 g/mol. The molecule has 3 N–H and O–H groups in total. The minimum Gasteiger partial charge on any atom is -0.366 e. The number of hydrogen-bond acceptors (Lipinski definition) is 3. The van der Waals surface area contributed by atoms with Crippen molar-refractivity contribution in [1.82, 2.24) is 10.3 Å². The van der Waals surface area contributed by atoms with E-state index in [2.05, 4.69) is 10.3 Å². The number of carbonyl (C=O) groups excluding carboxylic acids is 2. The van der Waals surface area contributed by atoms with E-state index in [1.165, 1.54) is 6.07 Å². The Hall–Kier alpha value is -2.69. The highest BCUT2D eigenvalue weighted by Crippen LogP contribution is 2.05. The summed E-state index contributed by atoms with van der Waals surface area (Å²) in [6.45, 7) is 0.405. The highest BCUT2D eigenvalue weighted by Gasteiger charge is 2.08. The first kappa shape index (κ1) is 12.8. The van der Waals surface area contributed by atoms with Gasteiger partial charge < -0.3 is 11.1 Å². The zero-order valence-electron chi connectivity index (χ0n) is 10.2. The zero-order valence-corrected chi connectivity index (χ0v) is 10.2. The van der Waals surface area contributed by atoms with Gasteiger partial charge in [-0.2, -0.15) is 0 Å². The zero-order chi connectivity index (χ0) is 13.7. The Morgan fingerprint density at radius 3 is 2.47 bits per heavy atom. The highest BCUT2D eigenvalue weighted by atomic mass is 16.2. The number of pyridine rings is 1. The number of aromatic nitrogens is 1. The van der Waals surface area contributed by atoms with Gasteiger partial charge in [0.25, 0.3) is 5.91 Å². The van der Waals surface area contributed by atoms with Crippen LogP contribution in [0.2, 0.25) is 0 Å². The summed E-state index contributed by atoms with van der Waals surface area (Å²) in [7, 11) is 0. The number of amides is 2. The summed E-state index contributed by atoms with van der Waals surface area (Å²) in [6.07, 6.45) is 3.32. The largest absolute Gasteiger partial charge is 0.366 e. The van der Waals surface area contributed by atoms with Crippen molar-refractivity contribution < 1.29 is 9.59 Å². The van der Waals surface area contributed by atoms with Crippen LogP contribution in [-0.4, -0.2) is 16.8 Å². The molecule has 0 aliphatic carbocycles. The molecule has 0 saturated heterocycles. The minimum atomic E-state index is -0.552. The fraction of sp³-hybridized carbons (Fsp3) is 0.0714. The van der Waals surface area contributed by atoms with Gasteiger partial charge in [0.2, 0.25) is 5.91 Å². The summed E-state index contributed by atoms with van der Waals surface area (Å²) in [5.41, 5.74) is 6.85. The lowest BCUT2D eigenvalue weighted by atomic mass is 10.1. The molecule has 1 aromatic heterocycles. The minimum absolute atomic E-state index is 0.250. The fourth-order valence-electron chi connectivity index (χ4n) is 1.60. The first-order chi connectivity index (χ1) is 9.16. The van der Waals surface area contributed by atoms with E-state index in [1.807, 2.05) is 12.1 Å². The first-order valence-corrected chi connectivity index (χ1v) is 5.74. The number of carbonyl (C=O) groups is 2. The second-order valence-corrected chi connectivity index (χ2v) is 3.98. The molecule has 5 heteroatoms. The molecule has 5 nitrogen and oxygen atoms in total. The first-order valence-electron chi connectivity index (χ1n) is 5.74. The van der Waals surface area contributed by atoms with Crippen LogP contribution in [0.5, 0.6) is 0 Å². The van der Waals surface area contributed by atoms with Gasteiger partial charge in [0.1, 0.15) is 0 Å². The molecule has 0 saturated carbocycles. The maximum atomic E-state index is 11.9. The van der Waals surface area contributed by atoms with Gasteiger partial charge in [-0.1, -0.05) is 6.07 Å². The average Bonchev–Trinajstić information content (AvgIpc) is 2.46. The molecule has 0 atom stereocenters. The summed E-state index contributed by atoms with van der Waals surface area (Å²) in [5.74, 6) is -0.802. The summed E-state index contributed by atoms with van der Waals surface area (Å²) in [4.78, 5) is 26.9. The fourth-order valence-corrected chi connectivity index (χ4v) is 1.60. The van der Waals surface area contributed by atoms with Crippen molar-refractivity contribution in [3.05, 3.63) is 65.5 Å². The van der Waals surface area contributed by atoms with Gasteiger partial charge >= 0.3 is 0 Å². The molecule has 0 radical (unpaired) electrons. The second-order valence-electron chi connectivity index (χ2n) is 3.98. The topological polar surface area (TPSA) is 85.1 Å². The van der Waals surface area contributed by atoms with Gasteiger partial charge in [0, 0.05) is 30.1 Å². The molecule has 96 valence electrons. The van der Waals surface area contributed by atoms with E-state index in [1.54, 1.807) is 30.6 Å². The van der Waals surface area contributed by atoms with E-state index in [9.17, 15) is 9.59 Å². The van der Waals surface area contributed by atoms with Crippen LogP contribution in [0.3, 0.4) is 0 Å². The van der Waals surface area contributed by atoms with E-state index < -0.39 is 5.91 Å². The molecule has 1 aromatic carbocycles. The summed E-state index contributed by atoms with van der Waals surface area (Å²) in [6, 6.07) is 9.95. The van der Waals surface area contributed by atoms with Gasteiger partial charge in [0.15, 0.2) is 0 Å². The lowest BCUT2D eigenvalue weighted by Crippen LogP contribution is -2.23. The predicted octanol–water partition coefficient (Wildman–Crippen LogP) is 1.11. The van der Waals surface area contributed by atoms with Crippen LogP contribution in [0.25, 0.3) is 0 Å². The average molecular weight is 255 g/mol. The monoisotopic (exact) mass is 255 g/mol. The summed E-state index contributed by atoms with van der Waals surface area (Å²) < 4.78 is 0. The van der Waals surface area contributed by atoms with Crippen LogP contribution in [0.4, 0.5) is 0 Å². The SMILES string of the molecule is NC(=O)c1cccc(C(=O)NCc2ccncc2)c1. The molecule has 2 aromatic rings. The highest BCUT2D eigenvalue weighted by molar-refractivity contribution is 5.99. The number of hydrogen-bond donors (Lipinski definition) is 2. The molecule has 0 aliphatic heterocycles. The normalized spacial score (nSPS) is 9.89. The number of benzene rings is 1. The number of nitrogens with two attached hydrogens (primary N) is 1. The number of rotatable bonds is 4. The third-order valence-corrected chi connectivity index (χ3v) is 2.61. The van der Waals surface area contributed by atoms with E-state index in [0.717, 1.165) is 5.56 Å². The van der Waals surface area contributed by atoms with Gasteiger partial charge in [-0.3, -0.25) is 14.6 Å². The van der Waals surface area contributed by atoms with Crippen LogP contribution in [0, 0.1) is 0 Å². The molecule has 0 unspecified atom stereocenters. The molecule has 2 amide bonds. The smallest absolute Gasteiger partial charge is 0.251 e. The molecule has 1 heterocycles. The Kier molecular flexibility index (Phi) is 3.87. The van der Waals surface area contributed by atoms with Crippen LogP contribution >= 0.6 is 0 Å². The molecular formula is C14H13N3O2. The summed E-state index contributed by atoms with van der Waals surface area (Å²) >= 11 is 0. The Labute approximate surface area is 110 Å². The Balaban J connectivity index is 2.04. The van der Waals surface area contributed by atoms with E-state index in [4.69, 9.17) is 5.73 Å². The van der Waals surface area contributed by atoms with Crippen LogP contribution < -0.4 is 11.1 Å². The quantitative estimate of drug-likeness (QED) is 0.858. The van der Waals surface area contributed by atoms with E-state index >= 15 is 0 Å². The van der Waals surface area contributed by atoms with Crippen molar-refractivity contribution in [3.63, 3.8) is 0 Å².